The zero-order valence-corrected chi connectivity index (χ0v) is 54.6. The molecular formula is C69H100N4O11S2. The van der Waals surface area contributed by atoms with Crippen LogP contribution in [0, 0.1) is 10.8 Å². The van der Waals surface area contributed by atoms with Gasteiger partial charge in [0.15, 0.2) is 9.84 Å². The van der Waals surface area contributed by atoms with Crippen LogP contribution in [-0.4, -0.2) is 134 Å². The van der Waals surface area contributed by atoms with Gasteiger partial charge >= 0.3 is 11.9 Å². The van der Waals surface area contributed by atoms with Gasteiger partial charge in [0.2, 0.25) is 0 Å². The average molecular weight is 1230 g/mol. The molecule has 0 bridgehead atoms. The highest BCUT2D eigenvalue weighted by Gasteiger charge is 2.50. The molecule has 2 aliphatic heterocycles. The summed E-state index contributed by atoms with van der Waals surface area (Å²) in [7, 11) is 1.53. The van der Waals surface area contributed by atoms with Crippen LogP contribution in [0.2, 0.25) is 0 Å². The Kier molecular flexibility index (Phi) is 27.1. The minimum atomic E-state index is -3.69. The molecule has 0 spiro atoms. The van der Waals surface area contributed by atoms with Gasteiger partial charge in [-0.2, -0.15) is 0 Å². The van der Waals surface area contributed by atoms with Gasteiger partial charge in [0.25, 0.3) is 0 Å². The number of carboxylic acid groups (broad SMARTS) is 2. The fraction of sp³-hybridized carbons (Fsp3) is 0.522. The van der Waals surface area contributed by atoms with Crippen LogP contribution >= 0.6 is 0 Å². The second-order valence-corrected chi connectivity index (χ2v) is 28.1. The lowest BCUT2D eigenvalue weighted by Crippen LogP contribution is -2.43. The molecule has 474 valence electrons. The molecule has 2 aliphatic rings. The van der Waals surface area contributed by atoms with E-state index in [1.54, 1.807) is 6.07 Å². The standard InChI is InChI=1S/C38H50N2O8S.C29H44N2O3S.C2H6/c1-5-7-19-38(20-8-6-2)26-49(46,47)33-18-15-30(39(3)4)21-32(33)36(37(38)45)29-13-16-31(17-14-29)48-25-28-11-9-27(10-12-28)22-40(23-34(41)42)24-35(43)44;1-6-8-15-29(16-9-7-2)21-35(5,33)26-14-13-23(31(3)4)20-25(26)27(28(29)32)22-11-10-12-24(19-22)34-18-17-30;1-2/h9-18,21,36-37,45H,5-8,19-20,22-26H2,1-4H3,(H,41,42)(H,43,44);10-14,19-20,27-28,32H,5-9,15-18,21,30H2,1-4H3;1-2H3/t36-,37-;27-,28-,35?;/m11./s1. The summed E-state index contributed by atoms with van der Waals surface area (Å²) in [6.45, 7) is 13.1. The number of carboxylic acids is 2. The van der Waals surface area contributed by atoms with Gasteiger partial charge in [-0.05, 0) is 135 Å². The number of aliphatic hydroxyl groups excluding tert-OH is 2. The van der Waals surface area contributed by atoms with Gasteiger partial charge in [0.1, 0.15) is 24.7 Å². The molecule has 1 unspecified atom stereocenters. The third-order valence-electron chi connectivity index (χ3n) is 16.8. The van der Waals surface area contributed by atoms with Crippen molar-refractivity contribution in [1.82, 2.24) is 4.90 Å². The summed E-state index contributed by atoms with van der Waals surface area (Å²) < 4.78 is 54.4. The first-order valence-electron chi connectivity index (χ1n) is 30.9. The third-order valence-corrected chi connectivity index (χ3v) is 21.0. The highest BCUT2D eigenvalue weighted by molar-refractivity contribution is 8.00. The lowest BCUT2D eigenvalue weighted by atomic mass is 9.68. The molecule has 17 heteroatoms. The molecule has 0 saturated carbocycles. The third kappa shape index (κ3) is 18.3. The maximum absolute atomic E-state index is 14.3. The predicted octanol–water partition coefficient (Wildman–Crippen LogP) is 12.0. The van der Waals surface area contributed by atoms with E-state index in [1.807, 2.05) is 143 Å². The number of anilines is 2. The first-order valence-corrected chi connectivity index (χ1v) is 34.5. The normalized spacial score (nSPS) is 19.8. The molecule has 5 aromatic rings. The number of aliphatic carboxylic acids is 2. The topological polar surface area (TPSA) is 220 Å². The van der Waals surface area contributed by atoms with Gasteiger partial charge < -0.3 is 45.4 Å². The Morgan fingerprint density at radius 2 is 1.06 bits per heavy atom. The summed E-state index contributed by atoms with van der Waals surface area (Å²) >= 11 is 0. The number of fused-ring (bicyclic) bond motifs is 2. The molecule has 15 nitrogen and oxygen atoms in total. The number of nitrogens with two attached hydrogens (primary N) is 1. The van der Waals surface area contributed by atoms with E-state index in [-0.39, 0.29) is 42.8 Å². The van der Waals surface area contributed by atoms with Crippen molar-refractivity contribution in [3.05, 3.63) is 143 Å². The fourth-order valence-electron chi connectivity index (χ4n) is 12.4. The van der Waals surface area contributed by atoms with Crippen LogP contribution in [0.25, 0.3) is 0 Å². The van der Waals surface area contributed by atoms with Crippen LogP contribution in [-0.2, 0) is 42.1 Å². The number of sulfone groups is 1. The Hall–Kier alpha value is -5.95. The summed E-state index contributed by atoms with van der Waals surface area (Å²) in [4.78, 5) is 28.6. The Morgan fingerprint density at radius 3 is 1.53 bits per heavy atom. The van der Waals surface area contributed by atoms with Gasteiger partial charge in [-0.1, -0.05) is 141 Å². The van der Waals surface area contributed by atoms with Crippen molar-refractivity contribution < 1.29 is 52.1 Å². The zero-order chi connectivity index (χ0) is 63.4. The van der Waals surface area contributed by atoms with E-state index in [9.17, 15) is 32.4 Å². The van der Waals surface area contributed by atoms with Crippen molar-refractivity contribution in [3.63, 3.8) is 0 Å². The molecule has 0 saturated heterocycles. The molecule has 0 fully saturated rings. The largest absolute Gasteiger partial charge is 0.492 e. The Morgan fingerprint density at radius 1 is 0.593 bits per heavy atom. The molecule has 0 aromatic heterocycles. The molecule has 86 heavy (non-hydrogen) atoms. The van der Waals surface area contributed by atoms with E-state index < -0.39 is 60.3 Å². The maximum atomic E-state index is 14.3. The highest BCUT2D eigenvalue weighted by Crippen LogP contribution is 2.52. The van der Waals surface area contributed by atoms with Crippen molar-refractivity contribution in [2.45, 2.75) is 166 Å². The zero-order valence-electron chi connectivity index (χ0n) is 52.9. The highest BCUT2D eigenvalue weighted by atomic mass is 32.2. The number of hydrogen-bond acceptors (Lipinski definition) is 13. The van der Waals surface area contributed by atoms with Gasteiger partial charge in [-0.25, -0.2) is 8.42 Å². The summed E-state index contributed by atoms with van der Waals surface area (Å²) in [5.74, 6) is 2.92. The van der Waals surface area contributed by atoms with Gasteiger partial charge in [0.05, 0.1) is 35.9 Å². The van der Waals surface area contributed by atoms with Crippen LogP contribution in [0.15, 0.2) is 119 Å². The van der Waals surface area contributed by atoms with E-state index in [4.69, 9.17) is 25.4 Å². The summed E-state index contributed by atoms with van der Waals surface area (Å²) in [5, 5.41) is 42.9. The first kappa shape index (κ1) is 70.8. The van der Waals surface area contributed by atoms with E-state index >= 15 is 0 Å². The number of benzene rings is 5. The molecule has 0 aliphatic carbocycles. The van der Waals surface area contributed by atoms with E-state index in [2.05, 4.69) is 45.7 Å². The predicted molar refractivity (Wildman–Crippen MR) is 351 cm³/mol. The molecule has 0 amide bonds. The molecule has 6 N–H and O–H groups in total. The fourth-order valence-corrected chi connectivity index (χ4v) is 17.1. The number of unbranched alkanes of at least 4 members (excludes halogenated alkanes) is 4. The summed E-state index contributed by atoms with van der Waals surface area (Å²) in [6.07, 6.45) is 8.86. The molecule has 2 heterocycles. The quantitative estimate of drug-likeness (QED) is 0.0294. The van der Waals surface area contributed by atoms with Crippen molar-refractivity contribution in [3.8, 4) is 11.5 Å². The molecular weight excluding hydrogens is 1120 g/mol. The lowest BCUT2D eigenvalue weighted by molar-refractivity contribution is -0.142. The smallest absolute Gasteiger partial charge is 0.317 e. The molecule has 7 rings (SSSR count). The number of nitrogens with zero attached hydrogens (tertiary/aromatic N) is 3. The monoisotopic (exact) mass is 1220 g/mol. The van der Waals surface area contributed by atoms with Crippen LogP contribution in [0.5, 0.6) is 11.5 Å². The lowest BCUT2D eigenvalue weighted by Gasteiger charge is -2.41. The van der Waals surface area contributed by atoms with Gasteiger partial charge in [-0.15, -0.1) is 0 Å². The number of hydrogen-bond donors (Lipinski definition) is 5. The second-order valence-electron chi connectivity index (χ2n) is 23.7. The van der Waals surface area contributed by atoms with Gasteiger partial charge in [0, 0.05) is 86.0 Å². The Balaban J connectivity index is 0.000000321. The molecule has 5 aromatic carbocycles. The molecule has 0 radical (unpaired) electrons. The van der Waals surface area contributed by atoms with Crippen molar-refractivity contribution in [2.24, 2.45) is 16.6 Å². The Labute approximate surface area is 514 Å². The minimum Gasteiger partial charge on any atom is -0.492 e. The minimum absolute atomic E-state index is 0.0802. The van der Waals surface area contributed by atoms with Crippen LogP contribution in [0.3, 0.4) is 0 Å². The van der Waals surface area contributed by atoms with E-state index in [0.29, 0.717) is 43.1 Å². The van der Waals surface area contributed by atoms with Crippen LogP contribution < -0.4 is 25.0 Å². The number of carbonyl (C=O) groups is 2. The number of aliphatic hydroxyl groups is 2. The van der Waals surface area contributed by atoms with Crippen LogP contribution in [0.1, 0.15) is 164 Å². The van der Waals surface area contributed by atoms with E-state index in [0.717, 1.165) is 114 Å². The van der Waals surface area contributed by atoms with Crippen LogP contribution in [0.4, 0.5) is 11.4 Å². The van der Waals surface area contributed by atoms with E-state index in [1.165, 1.54) is 4.90 Å². The maximum Gasteiger partial charge on any atom is 0.317 e. The number of rotatable bonds is 28. The van der Waals surface area contributed by atoms with Crippen molar-refractivity contribution in [2.75, 3.05) is 75.7 Å². The number of ether oxygens (including phenoxy) is 2. The summed E-state index contributed by atoms with van der Waals surface area (Å²) in [5.41, 5.74) is 11.3. The summed E-state index contributed by atoms with van der Waals surface area (Å²) in [6, 6.07) is 34.4. The Bertz CT molecular complexity index is 3140. The first-order chi connectivity index (χ1) is 41.0. The second kappa shape index (κ2) is 32.9. The van der Waals surface area contributed by atoms with Crippen molar-refractivity contribution >= 4 is 48.5 Å². The SMILES string of the molecule is C=S1(=O)CC(CCCC)(CCCC)[C@H](O)[C@H](c2cccc(OCCN)c2)c2cc(N(C)C)ccc21.CC.CCCCC1(CCCC)CS(=O)(=O)c2ccc(N(C)C)cc2[C@@H](c2ccc(OCc3ccc(CN(CC(=O)O)CC(=O)O)cc3)cc2)[C@H]1O. The van der Waals surface area contributed by atoms with Gasteiger partial charge in [-0.3, -0.25) is 18.7 Å². The molecule has 5 atom stereocenters. The van der Waals surface area contributed by atoms with Crippen molar-refractivity contribution in [1.29, 1.82) is 0 Å². The average Bonchev–Trinajstić information content (AvgIpc) is 1.61.